The quantitative estimate of drug-likeness (QED) is 0.765. The van der Waals surface area contributed by atoms with E-state index >= 15 is 0 Å². The Balaban J connectivity index is 1.70. The fourth-order valence-electron chi connectivity index (χ4n) is 2.43. The number of aliphatic hydroxyl groups is 1. The first-order valence-corrected chi connectivity index (χ1v) is 7.26. The molecule has 0 saturated carbocycles. The van der Waals surface area contributed by atoms with Crippen LogP contribution in [0, 0.1) is 11.6 Å². The molecule has 0 radical (unpaired) electrons. The second-order valence-electron chi connectivity index (χ2n) is 5.20. The van der Waals surface area contributed by atoms with Gasteiger partial charge in [-0.15, -0.1) is 0 Å². The van der Waals surface area contributed by atoms with Crippen LogP contribution in [-0.4, -0.2) is 67.5 Å². The first-order chi connectivity index (χ1) is 10.2. The summed E-state index contributed by atoms with van der Waals surface area (Å²) in [5.41, 5.74) is 0.800. The molecule has 118 valence electrons. The van der Waals surface area contributed by atoms with Crippen LogP contribution in [0.1, 0.15) is 5.56 Å². The van der Waals surface area contributed by atoms with Gasteiger partial charge in [-0.1, -0.05) is 6.07 Å². The zero-order chi connectivity index (χ0) is 15.1. The molecule has 1 aromatic rings. The largest absolute Gasteiger partial charge is 0.394 e. The molecule has 1 heterocycles. The normalized spacial score (nSPS) is 17.3. The van der Waals surface area contributed by atoms with Crippen molar-refractivity contribution in [2.45, 2.75) is 6.54 Å². The van der Waals surface area contributed by atoms with E-state index < -0.39 is 11.6 Å². The topological polar surface area (TPSA) is 35.9 Å². The molecule has 1 saturated heterocycles. The molecule has 0 atom stereocenters. The molecule has 1 aliphatic heterocycles. The van der Waals surface area contributed by atoms with E-state index in [9.17, 15) is 8.78 Å². The lowest BCUT2D eigenvalue weighted by atomic mass is 10.2. The molecular formula is C15H22F2N2O2. The summed E-state index contributed by atoms with van der Waals surface area (Å²) in [4.78, 5) is 4.54. The Labute approximate surface area is 123 Å². The number of nitrogens with zero attached hydrogens (tertiary/aromatic N) is 2. The zero-order valence-corrected chi connectivity index (χ0v) is 12.1. The van der Waals surface area contributed by atoms with Crippen LogP contribution < -0.4 is 0 Å². The predicted molar refractivity (Wildman–Crippen MR) is 76.0 cm³/mol. The van der Waals surface area contributed by atoms with Crippen molar-refractivity contribution in [3.8, 4) is 0 Å². The van der Waals surface area contributed by atoms with E-state index in [1.807, 2.05) is 0 Å². The van der Waals surface area contributed by atoms with E-state index in [4.69, 9.17) is 9.84 Å². The van der Waals surface area contributed by atoms with Crippen molar-refractivity contribution in [1.29, 1.82) is 0 Å². The Morgan fingerprint density at radius 2 is 1.71 bits per heavy atom. The number of aliphatic hydroxyl groups excluding tert-OH is 1. The minimum atomic E-state index is -0.800. The molecule has 1 N–H and O–H groups in total. The maximum atomic E-state index is 13.2. The van der Waals surface area contributed by atoms with Crippen LogP contribution in [0.4, 0.5) is 8.78 Å². The monoisotopic (exact) mass is 300 g/mol. The molecule has 0 aliphatic carbocycles. The van der Waals surface area contributed by atoms with Gasteiger partial charge in [0.2, 0.25) is 0 Å². The second kappa shape index (κ2) is 8.38. The minimum absolute atomic E-state index is 0.0575. The molecule has 0 bridgehead atoms. The lowest BCUT2D eigenvalue weighted by molar-refractivity contribution is 0.0563. The Bertz CT molecular complexity index is 438. The van der Waals surface area contributed by atoms with Gasteiger partial charge in [0.05, 0.1) is 19.8 Å². The standard InChI is InChI=1S/C15H22F2N2O2/c16-14-2-1-13(11-15(14)17)12-19-5-3-18(4-6-19)7-9-21-10-8-20/h1-2,11,20H,3-10,12H2. The molecule has 1 aromatic carbocycles. The minimum Gasteiger partial charge on any atom is -0.394 e. The van der Waals surface area contributed by atoms with Crippen molar-refractivity contribution in [1.82, 2.24) is 9.80 Å². The number of rotatable bonds is 7. The molecule has 0 spiro atoms. The van der Waals surface area contributed by atoms with E-state index in [1.54, 1.807) is 6.07 Å². The Hall–Kier alpha value is -1.08. The Morgan fingerprint density at radius 1 is 1.00 bits per heavy atom. The highest BCUT2D eigenvalue weighted by Crippen LogP contribution is 2.12. The second-order valence-corrected chi connectivity index (χ2v) is 5.20. The molecule has 0 aromatic heterocycles. The van der Waals surface area contributed by atoms with Crippen molar-refractivity contribution in [3.63, 3.8) is 0 Å². The van der Waals surface area contributed by atoms with Crippen LogP contribution in [-0.2, 0) is 11.3 Å². The first kappa shape index (κ1) is 16.3. The highest BCUT2D eigenvalue weighted by Gasteiger charge is 2.17. The third kappa shape index (κ3) is 5.32. The molecule has 6 heteroatoms. The average molecular weight is 300 g/mol. The van der Waals surface area contributed by atoms with Crippen molar-refractivity contribution >= 4 is 0 Å². The number of benzene rings is 1. The summed E-state index contributed by atoms with van der Waals surface area (Å²) in [6.07, 6.45) is 0. The Kier molecular flexibility index (Phi) is 6.50. The molecule has 2 rings (SSSR count). The summed E-state index contributed by atoms with van der Waals surface area (Å²) in [6.45, 7) is 6.25. The fraction of sp³-hybridized carbons (Fsp3) is 0.600. The van der Waals surface area contributed by atoms with Gasteiger partial charge in [-0.3, -0.25) is 9.80 Å². The van der Waals surface area contributed by atoms with E-state index in [0.29, 0.717) is 19.8 Å². The molecule has 0 amide bonds. The Morgan fingerprint density at radius 3 is 2.38 bits per heavy atom. The molecule has 4 nitrogen and oxygen atoms in total. The zero-order valence-electron chi connectivity index (χ0n) is 12.1. The van der Waals surface area contributed by atoms with Gasteiger partial charge in [-0.05, 0) is 17.7 Å². The highest BCUT2D eigenvalue weighted by molar-refractivity contribution is 5.17. The van der Waals surface area contributed by atoms with Crippen molar-refractivity contribution in [2.75, 3.05) is 52.5 Å². The maximum absolute atomic E-state index is 13.2. The molecule has 0 unspecified atom stereocenters. The summed E-state index contributed by atoms with van der Waals surface area (Å²) >= 11 is 0. The van der Waals surface area contributed by atoms with Crippen LogP contribution in [0.3, 0.4) is 0 Å². The predicted octanol–water partition coefficient (Wildman–Crippen LogP) is 1.09. The van der Waals surface area contributed by atoms with Crippen molar-refractivity contribution < 1.29 is 18.6 Å². The number of hydrogen-bond donors (Lipinski definition) is 1. The number of ether oxygens (including phenoxy) is 1. The maximum Gasteiger partial charge on any atom is 0.159 e. The lowest BCUT2D eigenvalue weighted by Gasteiger charge is -2.34. The van der Waals surface area contributed by atoms with Gasteiger partial charge in [0.1, 0.15) is 0 Å². The van der Waals surface area contributed by atoms with Crippen molar-refractivity contribution in [3.05, 3.63) is 35.4 Å². The van der Waals surface area contributed by atoms with E-state index in [0.717, 1.165) is 38.3 Å². The van der Waals surface area contributed by atoms with E-state index in [1.165, 1.54) is 12.1 Å². The van der Waals surface area contributed by atoms with Gasteiger partial charge < -0.3 is 9.84 Å². The van der Waals surface area contributed by atoms with Gasteiger partial charge >= 0.3 is 0 Å². The van der Waals surface area contributed by atoms with E-state index in [-0.39, 0.29) is 6.61 Å². The van der Waals surface area contributed by atoms with Gasteiger partial charge in [0.15, 0.2) is 11.6 Å². The highest BCUT2D eigenvalue weighted by atomic mass is 19.2. The lowest BCUT2D eigenvalue weighted by Crippen LogP contribution is -2.46. The van der Waals surface area contributed by atoms with Crippen molar-refractivity contribution in [2.24, 2.45) is 0 Å². The first-order valence-electron chi connectivity index (χ1n) is 7.26. The molecule has 1 aliphatic rings. The SMILES string of the molecule is OCCOCCN1CCN(Cc2ccc(F)c(F)c2)CC1. The summed E-state index contributed by atoms with van der Waals surface area (Å²) < 4.78 is 31.3. The third-order valence-corrected chi connectivity index (χ3v) is 3.64. The van der Waals surface area contributed by atoms with Crippen LogP contribution >= 0.6 is 0 Å². The third-order valence-electron chi connectivity index (χ3n) is 3.64. The molecule has 1 fully saturated rings. The van der Waals surface area contributed by atoms with Gasteiger partial charge in [0, 0.05) is 39.3 Å². The fourth-order valence-corrected chi connectivity index (χ4v) is 2.43. The summed E-state index contributed by atoms with van der Waals surface area (Å²) in [6, 6.07) is 4.08. The smallest absolute Gasteiger partial charge is 0.159 e. The summed E-state index contributed by atoms with van der Waals surface area (Å²) in [7, 11) is 0. The van der Waals surface area contributed by atoms with E-state index in [2.05, 4.69) is 9.80 Å². The number of hydrogen-bond acceptors (Lipinski definition) is 4. The summed E-state index contributed by atoms with van der Waals surface area (Å²) in [5.74, 6) is -1.58. The van der Waals surface area contributed by atoms with Gasteiger partial charge in [0.25, 0.3) is 0 Å². The van der Waals surface area contributed by atoms with Gasteiger partial charge in [-0.2, -0.15) is 0 Å². The van der Waals surface area contributed by atoms with Crippen LogP contribution in [0.15, 0.2) is 18.2 Å². The summed E-state index contributed by atoms with van der Waals surface area (Å²) in [5, 5.41) is 8.62. The van der Waals surface area contributed by atoms with Gasteiger partial charge in [-0.25, -0.2) is 8.78 Å². The van der Waals surface area contributed by atoms with Crippen LogP contribution in [0.5, 0.6) is 0 Å². The average Bonchev–Trinajstić information content (AvgIpc) is 2.49. The molecular weight excluding hydrogens is 278 g/mol. The van der Waals surface area contributed by atoms with Crippen LogP contribution in [0.2, 0.25) is 0 Å². The number of halogens is 2. The van der Waals surface area contributed by atoms with Crippen LogP contribution in [0.25, 0.3) is 0 Å². The number of piperazine rings is 1. The molecule has 21 heavy (non-hydrogen) atoms.